The number of anilines is 1. The average Bonchev–Trinajstić information content (AvgIpc) is 2.49. The highest BCUT2D eigenvalue weighted by molar-refractivity contribution is 9.10. The fourth-order valence-corrected chi connectivity index (χ4v) is 2.25. The number of halogens is 1. The van der Waals surface area contributed by atoms with Crippen LogP contribution < -0.4 is 4.90 Å². The van der Waals surface area contributed by atoms with Crippen molar-refractivity contribution in [3.05, 3.63) is 58.3 Å². The lowest BCUT2D eigenvalue weighted by atomic mass is 10.1. The summed E-state index contributed by atoms with van der Waals surface area (Å²) < 4.78 is 1.09. The molecule has 0 saturated carbocycles. The molecule has 0 radical (unpaired) electrons. The van der Waals surface area contributed by atoms with Crippen LogP contribution in [0.1, 0.15) is 30.7 Å². The van der Waals surface area contributed by atoms with Gasteiger partial charge in [0.2, 0.25) is 0 Å². The molecule has 106 valence electrons. The third-order valence-electron chi connectivity index (χ3n) is 3.27. The molecule has 0 bridgehead atoms. The van der Waals surface area contributed by atoms with E-state index in [0.29, 0.717) is 6.42 Å². The maximum atomic E-state index is 9.74. The van der Waals surface area contributed by atoms with Crippen LogP contribution in [0.5, 0.6) is 0 Å². The summed E-state index contributed by atoms with van der Waals surface area (Å²) in [4.78, 5) is 6.46. The Labute approximate surface area is 128 Å². The Morgan fingerprint density at radius 1 is 1.20 bits per heavy atom. The molecule has 1 heterocycles. The number of aliphatic hydroxyl groups excluding tert-OH is 1. The SMILES string of the molecule is CCC(O)c1ccc(N(C)Cc2ccc(Br)cc2)cn1. The van der Waals surface area contributed by atoms with Crippen molar-refractivity contribution in [1.82, 2.24) is 4.98 Å². The van der Waals surface area contributed by atoms with Crippen LogP contribution in [-0.4, -0.2) is 17.1 Å². The van der Waals surface area contributed by atoms with Crippen LogP contribution >= 0.6 is 15.9 Å². The lowest BCUT2D eigenvalue weighted by Gasteiger charge is -2.19. The Hall–Kier alpha value is -1.39. The van der Waals surface area contributed by atoms with Gasteiger partial charge in [0.15, 0.2) is 0 Å². The van der Waals surface area contributed by atoms with Crippen LogP contribution in [0.25, 0.3) is 0 Å². The highest BCUT2D eigenvalue weighted by Crippen LogP contribution is 2.19. The molecule has 4 heteroatoms. The summed E-state index contributed by atoms with van der Waals surface area (Å²) in [5, 5.41) is 9.74. The molecule has 3 nitrogen and oxygen atoms in total. The molecular weight excluding hydrogens is 316 g/mol. The van der Waals surface area contributed by atoms with E-state index in [0.717, 1.165) is 22.4 Å². The summed E-state index contributed by atoms with van der Waals surface area (Å²) in [5.41, 5.74) is 3.02. The Morgan fingerprint density at radius 2 is 1.90 bits per heavy atom. The summed E-state index contributed by atoms with van der Waals surface area (Å²) in [6.07, 6.45) is 2.02. The average molecular weight is 335 g/mol. The lowest BCUT2D eigenvalue weighted by molar-refractivity contribution is 0.169. The molecule has 1 unspecified atom stereocenters. The predicted octanol–water partition coefficient (Wildman–Crippen LogP) is 3.92. The number of hydrogen-bond donors (Lipinski definition) is 1. The first-order valence-electron chi connectivity index (χ1n) is 6.69. The van der Waals surface area contributed by atoms with Crippen molar-refractivity contribution in [3.63, 3.8) is 0 Å². The van der Waals surface area contributed by atoms with Gasteiger partial charge in [0, 0.05) is 18.1 Å². The second-order valence-corrected chi connectivity index (χ2v) is 5.76. The van der Waals surface area contributed by atoms with E-state index < -0.39 is 6.10 Å². The Kier molecular flexibility index (Phi) is 5.15. The van der Waals surface area contributed by atoms with Crippen LogP contribution in [0.3, 0.4) is 0 Å². The molecule has 1 aromatic carbocycles. The smallest absolute Gasteiger partial charge is 0.0957 e. The summed E-state index contributed by atoms with van der Waals surface area (Å²) in [6, 6.07) is 12.2. The Bertz CT molecular complexity index is 539. The van der Waals surface area contributed by atoms with Gasteiger partial charge in [-0.2, -0.15) is 0 Å². The molecule has 2 rings (SSSR count). The van der Waals surface area contributed by atoms with Crippen molar-refractivity contribution in [2.75, 3.05) is 11.9 Å². The molecule has 1 aromatic heterocycles. The molecule has 0 aliphatic rings. The van der Waals surface area contributed by atoms with E-state index in [-0.39, 0.29) is 0 Å². The van der Waals surface area contributed by atoms with E-state index in [9.17, 15) is 5.11 Å². The summed E-state index contributed by atoms with van der Waals surface area (Å²) in [5.74, 6) is 0. The first-order valence-corrected chi connectivity index (χ1v) is 7.49. The van der Waals surface area contributed by atoms with Crippen molar-refractivity contribution in [1.29, 1.82) is 0 Å². The number of aromatic nitrogens is 1. The molecule has 2 aromatic rings. The number of benzene rings is 1. The molecular formula is C16H19BrN2O. The molecule has 0 amide bonds. The van der Waals surface area contributed by atoms with E-state index in [1.165, 1.54) is 5.56 Å². The van der Waals surface area contributed by atoms with Gasteiger partial charge in [-0.3, -0.25) is 4.98 Å². The van der Waals surface area contributed by atoms with Crippen LogP contribution in [0, 0.1) is 0 Å². The zero-order valence-electron chi connectivity index (χ0n) is 11.8. The maximum Gasteiger partial charge on any atom is 0.0957 e. The molecule has 0 saturated heterocycles. The maximum absolute atomic E-state index is 9.74. The van der Waals surface area contributed by atoms with Gasteiger partial charge in [0.1, 0.15) is 0 Å². The third kappa shape index (κ3) is 3.81. The van der Waals surface area contributed by atoms with Crippen LogP contribution in [0.15, 0.2) is 47.1 Å². The second-order valence-electron chi connectivity index (χ2n) is 4.85. The summed E-state index contributed by atoms with van der Waals surface area (Å²) >= 11 is 3.44. The molecule has 20 heavy (non-hydrogen) atoms. The molecule has 0 aliphatic heterocycles. The van der Waals surface area contributed by atoms with E-state index >= 15 is 0 Å². The van der Waals surface area contributed by atoms with E-state index in [2.05, 4.69) is 37.9 Å². The van der Waals surface area contributed by atoms with Gasteiger partial charge >= 0.3 is 0 Å². The number of rotatable bonds is 5. The zero-order valence-corrected chi connectivity index (χ0v) is 13.3. The van der Waals surface area contributed by atoms with Gasteiger partial charge in [0.25, 0.3) is 0 Å². The fourth-order valence-electron chi connectivity index (χ4n) is 1.98. The number of pyridine rings is 1. The van der Waals surface area contributed by atoms with Gasteiger partial charge in [0.05, 0.1) is 23.7 Å². The number of nitrogens with zero attached hydrogens (tertiary/aromatic N) is 2. The molecule has 0 spiro atoms. The minimum atomic E-state index is -0.471. The minimum Gasteiger partial charge on any atom is -0.387 e. The Morgan fingerprint density at radius 3 is 2.45 bits per heavy atom. The summed E-state index contributed by atoms with van der Waals surface area (Å²) in [7, 11) is 2.04. The summed E-state index contributed by atoms with van der Waals surface area (Å²) in [6.45, 7) is 2.77. The molecule has 0 fully saturated rings. The monoisotopic (exact) mass is 334 g/mol. The van der Waals surface area contributed by atoms with Gasteiger partial charge in [-0.15, -0.1) is 0 Å². The molecule has 0 aliphatic carbocycles. The van der Waals surface area contributed by atoms with Crippen molar-refractivity contribution in [3.8, 4) is 0 Å². The second kappa shape index (κ2) is 6.86. The Balaban J connectivity index is 2.05. The predicted molar refractivity (Wildman–Crippen MR) is 85.7 cm³/mol. The van der Waals surface area contributed by atoms with E-state index in [1.807, 2.05) is 44.4 Å². The number of hydrogen-bond acceptors (Lipinski definition) is 3. The van der Waals surface area contributed by atoms with Crippen LogP contribution in [-0.2, 0) is 6.54 Å². The van der Waals surface area contributed by atoms with Crippen LogP contribution in [0.4, 0.5) is 5.69 Å². The largest absolute Gasteiger partial charge is 0.387 e. The van der Waals surface area contributed by atoms with Gasteiger partial charge in [-0.1, -0.05) is 35.0 Å². The van der Waals surface area contributed by atoms with Crippen LogP contribution in [0.2, 0.25) is 0 Å². The van der Waals surface area contributed by atoms with Crippen molar-refractivity contribution >= 4 is 21.6 Å². The first-order chi connectivity index (χ1) is 9.60. The van der Waals surface area contributed by atoms with Crippen molar-refractivity contribution in [2.24, 2.45) is 0 Å². The molecule has 1 atom stereocenters. The standard InChI is InChI=1S/C16H19BrN2O/c1-3-16(20)15-9-8-14(10-18-15)19(2)11-12-4-6-13(17)7-5-12/h4-10,16,20H,3,11H2,1-2H3. The van der Waals surface area contributed by atoms with Gasteiger partial charge < -0.3 is 10.0 Å². The van der Waals surface area contributed by atoms with Crippen molar-refractivity contribution in [2.45, 2.75) is 26.0 Å². The minimum absolute atomic E-state index is 0.471. The lowest BCUT2D eigenvalue weighted by Crippen LogP contribution is -2.16. The third-order valence-corrected chi connectivity index (χ3v) is 3.80. The van der Waals surface area contributed by atoms with E-state index in [4.69, 9.17) is 0 Å². The fraction of sp³-hybridized carbons (Fsp3) is 0.312. The topological polar surface area (TPSA) is 36.4 Å². The van der Waals surface area contributed by atoms with E-state index in [1.54, 1.807) is 0 Å². The quantitative estimate of drug-likeness (QED) is 0.900. The number of aliphatic hydroxyl groups is 1. The molecule has 1 N–H and O–H groups in total. The highest BCUT2D eigenvalue weighted by Gasteiger charge is 2.07. The van der Waals surface area contributed by atoms with Crippen molar-refractivity contribution < 1.29 is 5.11 Å². The highest BCUT2D eigenvalue weighted by atomic mass is 79.9. The zero-order chi connectivity index (χ0) is 14.5. The normalized spacial score (nSPS) is 12.2. The first kappa shape index (κ1) is 15.0. The van der Waals surface area contributed by atoms with Gasteiger partial charge in [-0.25, -0.2) is 0 Å². The van der Waals surface area contributed by atoms with Gasteiger partial charge in [-0.05, 0) is 36.2 Å².